The van der Waals surface area contributed by atoms with E-state index in [1.807, 2.05) is 26.0 Å². The smallest absolute Gasteiger partial charge is 0.237 e. The third kappa shape index (κ3) is 4.75. The molecule has 4 N–H and O–H groups in total. The third-order valence-electron chi connectivity index (χ3n) is 2.80. The van der Waals surface area contributed by atoms with Crippen molar-refractivity contribution in [2.24, 2.45) is 5.73 Å². The zero-order chi connectivity index (χ0) is 13.5. The first-order valence-electron chi connectivity index (χ1n) is 6.36. The fourth-order valence-corrected chi connectivity index (χ4v) is 1.83. The van der Waals surface area contributed by atoms with E-state index in [4.69, 9.17) is 5.73 Å². The van der Waals surface area contributed by atoms with Gasteiger partial charge in [0, 0.05) is 6.04 Å². The molecule has 0 bridgehead atoms. The van der Waals surface area contributed by atoms with Crippen LogP contribution in [0.4, 0.5) is 0 Å². The number of carbonyl (C=O) groups is 1. The van der Waals surface area contributed by atoms with Crippen molar-refractivity contribution >= 4 is 5.91 Å². The van der Waals surface area contributed by atoms with Gasteiger partial charge in [-0.15, -0.1) is 0 Å². The molecule has 0 heterocycles. The van der Waals surface area contributed by atoms with Gasteiger partial charge in [-0.1, -0.05) is 25.5 Å². The number of hydrogen-bond acceptors (Lipinski definition) is 3. The van der Waals surface area contributed by atoms with Crippen LogP contribution in [0.3, 0.4) is 0 Å². The Morgan fingerprint density at radius 3 is 2.56 bits per heavy atom. The molecule has 0 saturated carbocycles. The van der Waals surface area contributed by atoms with Crippen LogP contribution in [0.2, 0.25) is 0 Å². The highest BCUT2D eigenvalue weighted by atomic mass is 16.3. The summed E-state index contributed by atoms with van der Waals surface area (Å²) in [5.41, 5.74) is 6.82. The van der Waals surface area contributed by atoms with E-state index in [0.717, 1.165) is 18.4 Å². The number of amides is 1. The SMILES string of the molecule is CCCC(N)C(=O)NC(C)Cc1ccc(O)cc1. The van der Waals surface area contributed by atoms with Crippen molar-refractivity contribution in [3.8, 4) is 5.75 Å². The molecule has 0 radical (unpaired) electrons. The molecule has 1 aromatic rings. The quantitative estimate of drug-likeness (QED) is 0.717. The molecule has 18 heavy (non-hydrogen) atoms. The van der Waals surface area contributed by atoms with E-state index in [0.29, 0.717) is 6.42 Å². The van der Waals surface area contributed by atoms with Gasteiger partial charge in [-0.2, -0.15) is 0 Å². The molecule has 2 unspecified atom stereocenters. The van der Waals surface area contributed by atoms with Crippen molar-refractivity contribution in [3.63, 3.8) is 0 Å². The van der Waals surface area contributed by atoms with Gasteiger partial charge in [0.05, 0.1) is 6.04 Å². The predicted octanol–water partition coefficient (Wildman–Crippen LogP) is 1.57. The van der Waals surface area contributed by atoms with Crippen LogP contribution in [0, 0.1) is 0 Å². The Hall–Kier alpha value is -1.55. The van der Waals surface area contributed by atoms with E-state index >= 15 is 0 Å². The molecular formula is C14H22N2O2. The van der Waals surface area contributed by atoms with Crippen molar-refractivity contribution in [3.05, 3.63) is 29.8 Å². The van der Waals surface area contributed by atoms with Crippen molar-refractivity contribution in [2.75, 3.05) is 0 Å². The van der Waals surface area contributed by atoms with Gasteiger partial charge in [-0.3, -0.25) is 4.79 Å². The maximum atomic E-state index is 11.7. The van der Waals surface area contributed by atoms with Gasteiger partial charge in [0.15, 0.2) is 0 Å². The summed E-state index contributed by atoms with van der Waals surface area (Å²) < 4.78 is 0. The molecule has 4 heteroatoms. The lowest BCUT2D eigenvalue weighted by molar-refractivity contribution is -0.123. The molecule has 0 aliphatic carbocycles. The molecule has 0 saturated heterocycles. The average molecular weight is 250 g/mol. The summed E-state index contributed by atoms with van der Waals surface area (Å²) in [7, 11) is 0. The van der Waals surface area contributed by atoms with Crippen LogP contribution in [-0.4, -0.2) is 23.1 Å². The van der Waals surface area contributed by atoms with E-state index in [1.54, 1.807) is 12.1 Å². The van der Waals surface area contributed by atoms with Crippen LogP contribution in [0.5, 0.6) is 5.75 Å². The summed E-state index contributed by atoms with van der Waals surface area (Å²) >= 11 is 0. The maximum absolute atomic E-state index is 11.7. The Kier molecular flexibility index (Phi) is 5.65. The molecule has 0 aliphatic heterocycles. The summed E-state index contributed by atoms with van der Waals surface area (Å²) in [5, 5.41) is 12.1. The second-order valence-electron chi connectivity index (χ2n) is 4.68. The zero-order valence-corrected chi connectivity index (χ0v) is 11.0. The lowest BCUT2D eigenvalue weighted by Gasteiger charge is -2.17. The van der Waals surface area contributed by atoms with E-state index in [1.165, 1.54) is 0 Å². The Bertz CT molecular complexity index is 376. The number of rotatable bonds is 6. The molecule has 0 fully saturated rings. The van der Waals surface area contributed by atoms with Crippen LogP contribution >= 0.6 is 0 Å². The van der Waals surface area contributed by atoms with E-state index in [9.17, 15) is 9.90 Å². The highest BCUT2D eigenvalue weighted by molar-refractivity contribution is 5.81. The van der Waals surface area contributed by atoms with Gasteiger partial charge >= 0.3 is 0 Å². The standard InChI is InChI=1S/C14H22N2O2/c1-3-4-13(15)14(18)16-10(2)9-11-5-7-12(17)8-6-11/h5-8,10,13,17H,3-4,9,15H2,1-2H3,(H,16,18). The number of benzene rings is 1. The fourth-order valence-electron chi connectivity index (χ4n) is 1.83. The van der Waals surface area contributed by atoms with E-state index in [2.05, 4.69) is 5.32 Å². The first kappa shape index (κ1) is 14.5. The lowest BCUT2D eigenvalue weighted by atomic mass is 10.1. The summed E-state index contributed by atoms with van der Waals surface area (Å²) in [6, 6.07) is 6.61. The number of nitrogens with two attached hydrogens (primary N) is 1. The Morgan fingerprint density at radius 1 is 1.39 bits per heavy atom. The largest absolute Gasteiger partial charge is 0.508 e. The van der Waals surface area contributed by atoms with Gasteiger partial charge in [-0.25, -0.2) is 0 Å². The van der Waals surface area contributed by atoms with Gasteiger partial charge in [0.25, 0.3) is 0 Å². The number of hydrogen-bond donors (Lipinski definition) is 3. The van der Waals surface area contributed by atoms with E-state index < -0.39 is 6.04 Å². The normalized spacial score (nSPS) is 13.9. The highest BCUT2D eigenvalue weighted by Gasteiger charge is 2.14. The van der Waals surface area contributed by atoms with Crippen LogP contribution < -0.4 is 11.1 Å². The van der Waals surface area contributed by atoms with Gasteiger partial charge in [0.1, 0.15) is 5.75 Å². The summed E-state index contributed by atoms with van der Waals surface area (Å²) in [4.78, 5) is 11.7. The van der Waals surface area contributed by atoms with Crippen LogP contribution in [0.15, 0.2) is 24.3 Å². The van der Waals surface area contributed by atoms with E-state index in [-0.39, 0.29) is 17.7 Å². The number of nitrogens with one attached hydrogen (secondary N) is 1. The number of aromatic hydroxyl groups is 1. The Labute approximate surface area is 108 Å². The molecule has 1 amide bonds. The number of phenols is 1. The van der Waals surface area contributed by atoms with Gasteiger partial charge in [0.2, 0.25) is 5.91 Å². The summed E-state index contributed by atoms with van der Waals surface area (Å²) in [5.74, 6) is 0.156. The van der Waals surface area contributed by atoms with Crippen LogP contribution in [-0.2, 0) is 11.2 Å². The maximum Gasteiger partial charge on any atom is 0.237 e. The highest BCUT2D eigenvalue weighted by Crippen LogP contribution is 2.11. The molecular weight excluding hydrogens is 228 g/mol. The molecule has 0 aliphatic rings. The Balaban J connectivity index is 2.43. The lowest BCUT2D eigenvalue weighted by Crippen LogP contribution is -2.45. The summed E-state index contributed by atoms with van der Waals surface area (Å²) in [6.45, 7) is 3.95. The van der Waals surface area contributed by atoms with Crippen molar-refractivity contribution in [2.45, 2.75) is 45.2 Å². The fraction of sp³-hybridized carbons (Fsp3) is 0.500. The monoisotopic (exact) mass is 250 g/mol. The van der Waals surface area contributed by atoms with Gasteiger partial charge in [-0.05, 0) is 37.5 Å². The summed E-state index contributed by atoms with van der Waals surface area (Å²) in [6.07, 6.45) is 2.34. The van der Waals surface area contributed by atoms with Crippen LogP contribution in [0.1, 0.15) is 32.3 Å². The second kappa shape index (κ2) is 7.01. The van der Waals surface area contributed by atoms with Crippen molar-refractivity contribution in [1.29, 1.82) is 0 Å². The van der Waals surface area contributed by atoms with Crippen LogP contribution in [0.25, 0.3) is 0 Å². The molecule has 1 aromatic carbocycles. The minimum atomic E-state index is -0.419. The molecule has 0 spiro atoms. The predicted molar refractivity (Wildman–Crippen MR) is 72.3 cm³/mol. The topological polar surface area (TPSA) is 75.4 Å². The molecule has 0 aromatic heterocycles. The first-order valence-corrected chi connectivity index (χ1v) is 6.36. The zero-order valence-electron chi connectivity index (χ0n) is 11.0. The molecule has 100 valence electrons. The first-order chi connectivity index (χ1) is 8.52. The molecule has 4 nitrogen and oxygen atoms in total. The number of phenolic OH excluding ortho intramolecular Hbond substituents is 1. The second-order valence-corrected chi connectivity index (χ2v) is 4.68. The van der Waals surface area contributed by atoms with Gasteiger partial charge < -0.3 is 16.2 Å². The number of carbonyl (C=O) groups excluding carboxylic acids is 1. The average Bonchev–Trinajstić information content (AvgIpc) is 2.32. The van der Waals surface area contributed by atoms with Crippen molar-refractivity contribution in [1.82, 2.24) is 5.32 Å². The minimum Gasteiger partial charge on any atom is -0.508 e. The molecule has 1 rings (SSSR count). The Morgan fingerprint density at radius 2 is 2.00 bits per heavy atom. The minimum absolute atomic E-state index is 0.0324. The van der Waals surface area contributed by atoms with Crippen molar-refractivity contribution < 1.29 is 9.90 Å². The third-order valence-corrected chi connectivity index (χ3v) is 2.80. The molecule has 2 atom stereocenters.